The average Bonchev–Trinajstić information content (AvgIpc) is 2.56. The lowest BCUT2D eigenvalue weighted by atomic mass is 10.1. The molecule has 0 bridgehead atoms. The third kappa shape index (κ3) is 2.85. The van der Waals surface area contributed by atoms with Gasteiger partial charge >= 0.3 is 0 Å². The van der Waals surface area contributed by atoms with Crippen molar-refractivity contribution in [1.82, 2.24) is 0 Å². The molecule has 1 heterocycles. The fourth-order valence-electron chi connectivity index (χ4n) is 2.08. The highest BCUT2D eigenvalue weighted by Crippen LogP contribution is 2.28. The van der Waals surface area contributed by atoms with Gasteiger partial charge in [-0.15, -0.1) is 0 Å². The fraction of sp³-hybridized carbons (Fsp3) is 0. The maximum atomic E-state index is 9.24. The summed E-state index contributed by atoms with van der Waals surface area (Å²) < 4.78 is 6.82. The first-order valence-electron chi connectivity index (χ1n) is 6.42. The highest BCUT2D eigenvalue weighted by Gasteiger charge is 2.12. The first-order valence-corrected chi connectivity index (χ1v) is 7.50. The highest BCUT2D eigenvalue weighted by molar-refractivity contribution is 14.1. The minimum Gasteiger partial charge on any atom is -0.455 e. The van der Waals surface area contributed by atoms with Gasteiger partial charge in [-0.05, 0) is 22.6 Å². The summed E-state index contributed by atoms with van der Waals surface area (Å²) >= 11 is 2.13. The maximum Gasteiger partial charge on any atom is 0.150 e. The van der Waals surface area contributed by atoms with Crippen LogP contribution in [0.3, 0.4) is 0 Å². The van der Waals surface area contributed by atoms with Gasteiger partial charge < -0.3 is 9.62 Å². The molecular formula is C17H12INO2. The monoisotopic (exact) mass is 389 g/mol. The quantitative estimate of drug-likeness (QED) is 0.398. The van der Waals surface area contributed by atoms with Crippen LogP contribution in [0.4, 0.5) is 0 Å². The van der Waals surface area contributed by atoms with E-state index >= 15 is 0 Å². The number of halogens is 1. The molecule has 21 heavy (non-hydrogen) atoms. The Morgan fingerprint density at radius 1 is 0.857 bits per heavy atom. The highest BCUT2D eigenvalue weighted by atomic mass is 127. The van der Waals surface area contributed by atoms with Crippen LogP contribution in [-0.4, -0.2) is 5.21 Å². The summed E-state index contributed by atoms with van der Waals surface area (Å²) in [5.41, 5.74) is 1.89. The third-order valence-electron chi connectivity index (χ3n) is 3.11. The van der Waals surface area contributed by atoms with Gasteiger partial charge in [-0.2, -0.15) is 0 Å². The maximum absolute atomic E-state index is 9.24. The summed E-state index contributed by atoms with van der Waals surface area (Å²) in [6.45, 7) is 0. The lowest BCUT2D eigenvalue weighted by Crippen LogP contribution is -2.08. The molecule has 0 aliphatic rings. The number of nitrogens with zero attached hydrogens (tertiary/aromatic N) is 1. The molecule has 3 nitrogen and oxygen atoms in total. The average molecular weight is 389 g/mol. The predicted molar refractivity (Wildman–Crippen MR) is 89.6 cm³/mol. The Hall–Kier alpha value is -2.08. The Balaban J connectivity index is 2.26. The van der Waals surface area contributed by atoms with Gasteiger partial charge in [0, 0.05) is 17.2 Å². The number of rotatable bonds is 2. The summed E-state index contributed by atoms with van der Waals surface area (Å²) in [5.74, 6) is 1.37. The van der Waals surface area contributed by atoms with Crippen molar-refractivity contribution in [3.63, 3.8) is 0 Å². The smallest absolute Gasteiger partial charge is 0.150 e. The van der Waals surface area contributed by atoms with Crippen molar-refractivity contribution in [2.75, 3.05) is 0 Å². The molecule has 2 aromatic carbocycles. The van der Waals surface area contributed by atoms with Crippen molar-refractivity contribution >= 4 is 22.6 Å². The van der Waals surface area contributed by atoms with E-state index in [2.05, 4.69) is 27.7 Å². The molecule has 104 valence electrons. The summed E-state index contributed by atoms with van der Waals surface area (Å²) in [4.78, 5) is 0. The predicted octanol–water partition coefficient (Wildman–Crippen LogP) is 4.51. The molecule has 0 aliphatic heterocycles. The second-order valence-corrected chi connectivity index (χ2v) is 5.55. The Labute approximate surface area is 135 Å². The van der Waals surface area contributed by atoms with E-state index in [1.54, 1.807) is 6.07 Å². The van der Waals surface area contributed by atoms with E-state index < -0.39 is 0 Å². The van der Waals surface area contributed by atoms with Gasteiger partial charge in [0.1, 0.15) is 16.9 Å². The van der Waals surface area contributed by atoms with E-state index in [1.807, 2.05) is 60.7 Å². The topological polar surface area (TPSA) is 45.7 Å². The second kappa shape index (κ2) is 6.13. The second-order valence-electron chi connectivity index (χ2n) is 4.47. The molecule has 0 atom stereocenters. The van der Waals surface area contributed by atoms with E-state index in [0.717, 1.165) is 14.7 Å². The summed E-state index contributed by atoms with van der Waals surface area (Å²) in [7, 11) is 0. The van der Waals surface area contributed by atoms with Crippen molar-refractivity contribution in [1.29, 1.82) is 0 Å². The van der Waals surface area contributed by atoms with Crippen LogP contribution >= 0.6 is 22.6 Å². The summed E-state index contributed by atoms with van der Waals surface area (Å²) in [5, 5.41) is 13.1. The normalized spacial score (nSPS) is 11.6. The molecule has 3 rings (SSSR count). The molecule has 0 fully saturated rings. The first kappa shape index (κ1) is 13.9. The molecular weight excluding hydrogens is 377 g/mol. The fourth-order valence-corrected chi connectivity index (χ4v) is 2.77. The van der Waals surface area contributed by atoms with Gasteiger partial charge in [-0.1, -0.05) is 65.8 Å². The lowest BCUT2D eigenvalue weighted by Gasteiger charge is -2.08. The van der Waals surface area contributed by atoms with Crippen molar-refractivity contribution in [3.05, 3.63) is 75.7 Å². The minimum absolute atomic E-state index is 0.500. The molecule has 0 saturated heterocycles. The molecule has 4 heteroatoms. The van der Waals surface area contributed by atoms with Crippen LogP contribution < -0.4 is 5.36 Å². The molecule has 0 radical (unpaired) electrons. The van der Waals surface area contributed by atoms with Crippen LogP contribution in [0.25, 0.3) is 22.6 Å². The standard InChI is InChI=1S/C17H12INO2/c18-16-14(19-20)11-15(12-7-3-1-4-8-12)21-17(16)13-9-5-2-6-10-13/h1-11,20H/b19-14-. The van der Waals surface area contributed by atoms with Crippen LogP contribution in [0.5, 0.6) is 0 Å². The largest absolute Gasteiger partial charge is 0.455 e. The van der Waals surface area contributed by atoms with E-state index in [4.69, 9.17) is 4.42 Å². The zero-order chi connectivity index (χ0) is 14.7. The van der Waals surface area contributed by atoms with Crippen LogP contribution in [0, 0.1) is 3.57 Å². The minimum atomic E-state index is 0.500. The van der Waals surface area contributed by atoms with Gasteiger partial charge in [0.15, 0.2) is 0 Å². The summed E-state index contributed by atoms with van der Waals surface area (Å²) in [6.07, 6.45) is 0. The number of benzene rings is 2. The van der Waals surface area contributed by atoms with Crippen LogP contribution in [0.15, 0.2) is 76.3 Å². The molecule has 0 saturated carbocycles. The van der Waals surface area contributed by atoms with Gasteiger partial charge in [-0.3, -0.25) is 0 Å². The number of hydrogen-bond acceptors (Lipinski definition) is 3. The molecule has 0 aliphatic carbocycles. The van der Waals surface area contributed by atoms with Gasteiger partial charge in [0.25, 0.3) is 0 Å². The molecule has 1 aromatic heterocycles. The van der Waals surface area contributed by atoms with Gasteiger partial charge in [0.05, 0.1) is 3.57 Å². The van der Waals surface area contributed by atoms with Crippen molar-refractivity contribution in [2.45, 2.75) is 0 Å². The number of hydrogen-bond donors (Lipinski definition) is 1. The Morgan fingerprint density at radius 2 is 1.43 bits per heavy atom. The van der Waals surface area contributed by atoms with Gasteiger partial charge in [-0.25, -0.2) is 0 Å². The third-order valence-corrected chi connectivity index (χ3v) is 4.15. The van der Waals surface area contributed by atoms with Crippen LogP contribution in [0.1, 0.15) is 0 Å². The molecule has 0 amide bonds. The SMILES string of the molecule is O/N=c1/cc(-c2ccccc2)oc(-c2ccccc2)c1I. The van der Waals surface area contributed by atoms with Crippen molar-refractivity contribution < 1.29 is 9.62 Å². The lowest BCUT2D eigenvalue weighted by molar-refractivity contribution is 0.300. The Morgan fingerprint density at radius 3 is 2.00 bits per heavy atom. The Kier molecular flexibility index (Phi) is 4.06. The molecule has 3 aromatic rings. The zero-order valence-electron chi connectivity index (χ0n) is 11.0. The van der Waals surface area contributed by atoms with Gasteiger partial charge in [0.2, 0.25) is 0 Å². The van der Waals surface area contributed by atoms with Crippen molar-refractivity contribution in [3.8, 4) is 22.6 Å². The molecule has 1 N–H and O–H groups in total. The molecule has 0 spiro atoms. The van der Waals surface area contributed by atoms with E-state index in [1.165, 1.54) is 0 Å². The summed E-state index contributed by atoms with van der Waals surface area (Å²) in [6, 6.07) is 21.3. The van der Waals surface area contributed by atoms with Crippen LogP contribution in [-0.2, 0) is 0 Å². The van der Waals surface area contributed by atoms with Crippen LogP contribution in [0.2, 0.25) is 0 Å². The molecule has 0 unspecified atom stereocenters. The van der Waals surface area contributed by atoms with E-state index in [9.17, 15) is 5.21 Å². The Bertz CT molecular complexity index is 811. The van der Waals surface area contributed by atoms with E-state index in [0.29, 0.717) is 16.9 Å². The van der Waals surface area contributed by atoms with E-state index in [-0.39, 0.29) is 0 Å². The van der Waals surface area contributed by atoms with Crippen molar-refractivity contribution in [2.24, 2.45) is 5.16 Å². The zero-order valence-corrected chi connectivity index (χ0v) is 13.2. The first-order chi connectivity index (χ1) is 10.3.